The van der Waals surface area contributed by atoms with E-state index in [1.807, 2.05) is 7.05 Å². The molecule has 2 N–H and O–H groups in total. The summed E-state index contributed by atoms with van der Waals surface area (Å²) in [7, 11) is 2.02. The molecule has 118 valence electrons. The highest BCUT2D eigenvalue weighted by Crippen LogP contribution is 2.25. The van der Waals surface area contributed by atoms with Crippen molar-refractivity contribution < 1.29 is 4.79 Å². The highest BCUT2D eigenvalue weighted by atomic mass is 35.5. The number of amides is 1. The van der Waals surface area contributed by atoms with E-state index in [0.29, 0.717) is 6.54 Å². The highest BCUT2D eigenvalue weighted by molar-refractivity contribution is 5.85. The normalized spacial score (nSPS) is 21.1. The molecule has 0 radical (unpaired) electrons. The lowest BCUT2D eigenvalue weighted by Crippen LogP contribution is -2.43. The van der Waals surface area contributed by atoms with E-state index in [1.165, 1.54) is 38.5 Å². The van der Waals surface area contributed by atoms with Crippen molar-refractivity contribution in [3.8, 4) is 0 Å². The Hall–Kier alpha value is -0.320. The first-order valence-corrected chi connectivity index (χ1v) is 7.91. The van der Waals surface area contributed by atoms with Crippen LogP contribution in [0, 0.1) is 11.8 Å². The predicted molar refractivity (Wildman–Crippen MR) is 85.3 cm³/mol. The van der Waals surface area contributed by atoms with Gasteiger partial charge in [-0.25, -0.2) is 0 Å². The van der Waals surface area contributed by atoms with E-state index in [2.05, 4.69) is 15.5 Å². The van der Waals surface area contributed by atoms with Gasteiger partial charge in [-0.2, -0.15) is 0 Å². The highest BCUT2D eigenvalue weighted by Gasteiger charge is 2.21. The van der Waals surface area contributed by atoms with Crippen LogP contribution in [0.4, 0.5) is 0 Å². The van der Waals surface area contributed by atoms with Crippen molar-refractivity contribution in [2.24, 2.45) is 11.8 Å². The lowest BCUT2D eigenvalue weighted by molar-refractivity contribution is -0.122. The number of halogens is 1. The Morgan fingerprint density at radius 2 is 1.85 bits per heavy atom. The molecule has 0 unspecified atom stereocenters. The van der Waals surface area contributed by atoms with Crippen molar-refractivity contribution in [2.75, 3.05) is 39.8 Å². The number of rotatable bonds is 7. The minimum atomic E-state index is 0. The third-order valence-corrected chi connectivity index (χ3v) is 4.69. The number of piperidine rings is 1. The minimum Gasteiger partial charge on any atom is -0.355 e. The van der Waals surface area contributed by atoms with Gasteiger partial charge in [-0.1, -0.05) is 6.42 Å². The number of hydrogen-bond donors (Lipinski definition) is 2. The van der Waals surface area contributed by atoms with Gasteiger partial charge in [-0.15, -0.1) is 12.4 Å². The summed E-state index contributed by atoms with van der Waals surface area (Å²) in [5.74, 6) is 1.83. The fraction of sp³-hybridized carbons (Fsp3) is 0.933. The van der Waals surface area contributed by atoms with E-state index >= 15 is 0 Å². The summed E-state index contributed by atoms with van der Waals surface area (Å²) in [6, 6.07) is 0. The molecule has 0 atom stereocenters. The Kier molecular flexibility index (Phi) is 8.50. The minimum absolute atomic E-state index is 0. The quantitative estimate of drug-likeness (QED) is 0.751. The lowest BCUT2D eigenvalue weighted by atomic mass is 9.85. The molecule has 0 aromatic carbocycles. The summed E-state index contributed by atoms with van der Waals surface area (Å²) >= 11 is 0. The van der Waals surface area contributed by atoms with E-state index in [1.54, 1.807) is 0 Å². The molecule has 1 aliphatic carbocycles. The second kappa shape index (κ2) is 9.59. The maximum atomic E-state index is 11.8. The van der Waals surface area contributed by atoms with Crippen molar-refractivity contribution >= 4 is 18.3 Å². The first-order valence-electron chi connectivity index (χ1n) is 7.91. The Balaban J connectivity index is 0.00000200. The monoisotopic (exact) mass is 303 g/mol. The Morgan fingerprint density at radius 1 is 1.15 bits per heavy atom. The second-order valence-corrected chi connectivity index (χ2v) is 6.21. The first kappa shape index (κ1) is 17.7. The second-order valence-electron chi connectivity index (χ2n) is 6.21. The number of carbonyl (C=O) groups is 1. The molecule has 1 aliphatic heterocycles. The Labute approximate surface area is 129 Å². The first-order chi connectivity index (χ1) is 9.28. The smallest absolute Gasteiger partial charge is 0.234 e. The summed E-state index contributed by atoms with van der Waals surface area (Å²) in [4.78, 5) is 14.2. The topological polar surface area (TPSA) is 44.4 Å². The van der Waals surface area contributed by atoms with Gasteiger partial charge >= 0.3 is 0 Å². The molecule has 0 aromatic heterocycles. The van der Waals surface area contributed by atoms with Crippen LogP contribution >= 0.6 is 12.4 Å². The SMILES string of the molecule is CNCCC1CCN(CC(=O)NCC2CCC2)CC1.Cl. The van der Waals surface area contributed by atoms with Crippen molar-refractivity contribution in [3.05, 3.63) is 0 Å². The lowest BCUT2D eigenvalue weighted by Gasteiger charge is -2.32. The zero-order chi connectivity index (χ0) is 13.5. The van der Waals surface area contributed by atoms with Crippen molar-refractivity contribution in [3.63, 3.8) is 0 Å². The number of nitrogens with one attached hydrogen (secondary N) is 2. The Morgan fingerprint density at radius 3 is 2.40 bits per heavy atom. The average Bonchev–Trinajstić information content (AvgIpc) is 2.36. The van der Waals surface area contributed by atoms with E-state index in [4.69, 9.17) is 0 Å². The standard InChI is InChI=1S/C15H29N3O.ClH/c1-16-8-5-13-6-9-18(10-7-13)12-15(19)17-11-14-3-2-4-14;/h13-14,16H,2-12H2,1H3,(H,17,19);1H. The van der Waals surface area contributed by atoms with E-state index in [-0.39, 0.29) is 18.3 Å². The molecule has 2 fully saturated rings. The molecule has 20 heavy (non-hydrogen) atoms. The Bertz CT molecular complexity index is 276. The van der Waals surface area contributed by atoms with Crippen LogP contribution in [0.5, 0.6) is 0 Å². The van der Waals surface area contributed by atoms with Gasteiger partial charge in [-0.3, -0.25) is 9.69 Å². The molecule has 5 heteroatoms. The van der Waals surface area contributed by atoms with Crippen molar-refractivity contribution in [1.82, 2.24) is 15.5 Å². The molecule has 1 saturated carbocycles. The molecular weight excluding hydrogens is 274 g/mol. The van der Waals surface area contributed by atoms with Gasteiger partial charge in [0.15, 0.2) is 0 Å². The van der Waals surface area contributed by atoms with Gasteiger partial charge in [-0.05, 0) is 70.6 Å². The van der Waals surface area contributed by atoms with Crippen LogP contribution in [-0.4, -0.2) is 50.6 Å². The van der Waals surface area contributed by atoms with Crippen LogP contribution in [0.2, 0.25) is 0 Å². The van der Waals surface area contributed by atoms with E-state index < -0.39 is 0 Å². The number of hydrogen-bond acceptors (Lipinski definition) is 3. The summed E-state index contributed by atoms with van der Waals surface area (Å²) in [6.45, 7) is 4.80. The maximum Gasteiger partial charge on any atom is 0.234 e. The van der Waals surface area contributed by atoms with Gasteiger partial charge in [0.2, 0.25) is 5.91 Å². The summed E-state index contributed by atoms with van der Waals surface area (Å²) in [6.07, 6.45) is 7.72. The fourth-order valence-corrected chi connectivity index (χ4v) is 3.00. The zero-order valence-electron chi connectivity index (χ0n) is 12.7. The van der Waals surface area contributed by atoms with Crippen molar-refractivity contribution in [2.45, 2.75) is 38.5 Å². The average molecular weight is 304 g/mol. The molecular formula is C15H30ClN3O. The van der Waals surface area contributed by atoms with Crippen molar-refractivity contribution in [1.29, 1.82) is 0 Å². The summed E-state index contributed by atoms with van der Waals surface area (Å²) < 4.78 is 0. The van der Waals surface area contributed by atoms with Gasteiger partial charge in [0.25, 0.3) is 0 Å². The van der Waals surface area contributed by atoms with Gasteiger partial charge in [0.1, 0.15) is 0 Å². The molecule has 2 aliphatic rings. The molecule has 1 saturated heterocycles. The fourth-order valence-electron chi connectivity index (χ4n) is 3.00. The van der Waals surface area contributed by atoms with Crippen LogP contribution in [0.15, 0.2) is 0 Å². The summed E-state index contributed by atoms with van der Waals surface area (Å²) in [5.41, 5.74) is 0. The van der Waals surface area contributed by atoms with Gasteiger partial charge in [0, 0.05) is 6.54 Å². The van der Waals surface area contributed by atoms with Crippen LogP contribution in [-0.2, 0) is 4.79 Å². The third-order valence-electron chi connectivity index (χ3n) is 4.69. The van der Waals surface area contributed by atoms with Crippen LogP contribution < -0.4 is 10.6 Å². The van der Waals surface area contributed by atoms with E-state index in [0.717, 1.165) is 38.0 Å². The predicted octanol–water partition coefficient (Wildman–Crippen LogP) is 1.65. The number of likely N-dealkylation sites (tertiary alicyclic amines) is 1. The summed E-state index contributed by atoms with van der Waals surface area (Å²) in [5, 5.41) is 6.31. The van der Waals surface area contributed by atoms with Gasteiger partial charge < -0.3 is 10.6 Å². The number of carbonyl (C=O) groups excluding carboxylic acids is 1. The number of nitrogens with zero attached hydrogens (tertiary/aromatic N) is 1. The van der Waals surface area contributed by atoms with Crippen LogP contribution in [0.25, 0.3) is 0 Å². The largest absolute Gasteiger partial charge is 0.355 e. The molecule has 0 aromatic rings. The molecule has 0 bridgehead atoms. The van der Waals surface area contributed by atoms with Crippen LogP contribution in [0.1, 0.15) is 38.5 Å². The molecule has 0 spiro atoms. The molecule has 1 heterocycles. The van der Waals surface area contributed by atoms with E-state index in [9.17, 15) is 4.79 Å². The molecule has 4 nitrogen and oxygen atoms in total. The maximum absolute atomic E-state index is 11.8. The molecule has 1 amide bonds. The van der Waals surface area contributed by atoms with Crippen LogP contribution in [0.3, 0.4) is 0 Å². The third kappa shape index (κ3) is 5.98. The molecule has 2 rings (SSSR count). The van der Waals surface area contributed by atoms with Gasteiger partial charge in [0.05, 0.1) is 6.54 Å². The zero-order valence-corrected chi connectivity index (χ0v) is 13.5.